The van der Waals surface area contributed by atoms with Crippen LogP contribution in [-0.2, 0) is 9.59 Å². The normalized spacial score (nSPS) is 11.0. The molecular weight excluding hydrogens is 836 g/mol. The molecule has 0 unspecified atom stereocenters. The van der Waals surface area contributed by atoms with Crippen molar-refractivity contribution in [3.8, 4) is 0 Å². The SMILES string of the molecule is C[Se]CC[N-]CCN(CCC(=O)NCC[Se])CCN(C)CCN(CC[N-]CC[Se]C)CCC(=O)NCC[Se]C.[K+].[K+]. The molecule has 2 N–H and O–H groups in total. The van der Waals surface area contributed by atoms with E-state index in [1.54, 1.807) is 0 Å². The van der Waals surface area contributed by atoms with Gasteiger partial charge in [0.25, 0.3) is 0 Å². The molecule has 0 heterocycles. The number of likely N-dealkylation sites (N-methyl/N-ethyl adjacent to an activating group) is 1. The summed E-state index contributed by atoms with van der Waals surface area (Å²) in [6.07, 6.45) is 1.08. The Kier molecular flexibility index (Phi) is 46.5. The van der Waals surface area contributed by atoms with Gasteiger partial charge >= 0.3 is 371 Å². The third kappa shape index (κ3) is 35.2. The Morgan fingerprint density at radius 1 is 0.634 bits per heavy atom. The van der Waals surface area contributed by atoms with Gasteiger partial charge in [-0.3, -0.25) is 0 Å². The molecule has 0 aliphatic rings. The molecule has 15 heteroatoms. The first-order valence-electron chi connectivity index (χ1n) is 13.9. The van der Waals surface area contributed by atoms with Crippen LogP contribution in [-0.4, -0.2) is 186 Å². The molecule has 0 aliphatic heterocycles. The molecule has 0 atom stereocenters. The molecule has 0 aliphatic carbocycles. The smallest absolute Gasteiger partial charge is 1.00 e. The molecule has 0 aromatic carbocycles. The molecule has 1 radical (unpaired) electrons. The molecule has 0 fully saturated rings. The van der Waals surface area contributed by atoms with Gasteiger partial charge in [-0.05, 0) is 0 Å². The monoisotopic (exact) mass is 894 g/mol. The van der Waals surface area contributed by atoms with E-state index in [0.29, 0.717) is 64.3 Å². The number of carbonyl (C=O) groups is 2. The molecular formula is C26H54K2N7O2Se4. The van der Waals surface area contributed by atoms with Gasteiger partial charge in [0, 0.05) is 0 Å². The van der Waals surface area contributed by atoms with E-state index < -0.39 is 0 Å². The molecule has 0 bridgehead atoms. The first-order valence-corrected chi connectivity index (χ1v) is 23.9. The molecule has 2 amide bonds. The van der Waals surface area contributed by atoms with E-state index in [-0.39, 0.29) is 115 Å². The van der Waals surface area contributed by atoms with E-state index in [1.807, 2.05) is 0 Å². The number of rotatable bonds is 29. The molecule has 0 rings (SSSR count). The van der Waals surface area contributed by atoms with Gasteiger partial charge in [-0.15, -0.1) is 0 Å². The van der Waals surface area contributed by atoms with Crippen molar-refractivity contribution in [2.45, 2.75) is 51.6 Å². The van der Waals surface area contributed by atoms with Gasteiger partial charge in [0.1, 0.15) is 0 Å². The van der Waals surface area contributed by atoms with Gasteiger partial charge in [0.2, 0.25) is 0 Å². The maximum atomic E-state index is 12.3. The number of nitrogens with zero attached hydrogens (tertiary/aromatic N) is 5. The summed E-state index contributed by atoms with van der Waals surface area (Å²) in [5.41, 5.74) is 0. The Morgan fingerprint density at radius 2 is 1.07 bits per heavy atom. The number of hydrogen-bond acceptors (Lipinski definition) is 5. The number of amides is 2. The van der Waals surface area contributed by atoms with Crippen molar-refractivity contribution < 1.29 is 112 Å². The molecule has 0 aromatic heterocycles. The van der Waals surface area contributed by atoms with E-state index in [9.17, 15) is 9.59 Å². The van der Waals surface area contributed by atoms with Crippen molar-refractivity contribution in [2.24, 2.45) is 0 Å². The van der Waals surface area contributed by atoms with Crippen molar-refractivity contribution in [1.82, 2.24) is 25.3 Å². The predicted molar refractivity (Wildman–Crippen MR) is 172 cm³/mol. The van der Waals surface area contributed by atoms with Crippen LogP contribution in [0.5, 0.6) is 0 Å². The minimum Gasteiger partial charge on any atom is 1.00 e. The second kappa shape index (κ2) is 38.5. The summed E-state index contributed by atoms with van der Waals surface area (Å²) in [6, 6.07) is 0. The zero-order valence-corrected chi connectivity index (χ0v) is 39.9. The van der Waals surface area contributed by atoms with Crippen LogP contribution in [0.3, 0.4) is 0 Å². The van der Waals surface area contributed by atoms with Crippen LogP contribution in [0.15, 0.2) is 0 Å². The van der Waals surface area contributed by atoms with Gasteiger partial charge in [0.05, 0.1) is 0 Å². The largest absolute Gasteiger partial charge is 1.00 e. The van der Waals surface area contributed by atoms with E-state index in [2.05, 4.69) is 76.5 Å². The van der Waals surface area contributed by atoms with Crippen LogP contribution in [0, 0.1) is 0 Å². The Morgan fingerprint density at radius 3 is 1.49 bits per heavy atom. The summed E-state index contributed by atoms with van der Waals surface area (Å²) < 4.78 is 0. The number of hydrogen-bond donors (Lipinski definition) is 2. The maximum absolute atomic E-state index is 12.3. The quantitative estimate of drug-likeness (QED) is 0.0584. The Hall–Kier alpha value is 4.09. The first kappa shape index (κ1) is 49.5. The maximum Gasteiger partial charge on any atom is 1.00 e. The van der Waals surface area contributed by atoms with Crippen LogP contribution >= 0.6 is 0 Å². The third-order valence-corrected chi connectivity index (χ3v) is 10.2. The number of carbonyl (C=O) groups excluding carboxylic acids is 2. The summed E-state index contributed by atoms with van der Waals surface area (Å²) in [4.78, 5) is 31.5. The predicted octanol–water partition coefficient (Wildman–Crippen LogP) is -4.61. The fraction of sp³-hybridized carbons (Fsp3) is 0.923. The zero-order chi connectivity index (χ0) is 29.0. The first-order chi connectivity index (χ1) is 19.0. The summed E-state index contributed by atoms with van der Waals surface area (Å²) >= 11 is 4.90. The molecule has 0 aromatic rings. The molecule has 0 saturated heterocycles. The minimum atomic E-state index is 0. The average Bonchev–Trinajstić information content (AvgIpc) is 2.93. The molecule has 0 spiro atoms. The van der Waals surface area contributed by atoms with E-state index in [4.69, 9.17) is 0 Å². The van der Waals surface area contributed by atoms with Gasteiger partial charge in [-0.1, -0.05) is 0 Å². The second-order valence-electron chi connectivity index (χ2n) is 9.21. The minimum absolute atomic E-state index is 0. The van der Waals surface area contributed by atoms with Gasteiger partial charge in [-0.2, -0.15) is 0 Å². The van der Waals surface area contributed by atoms with Crippen LogP contribution in [0.1, 0.15) is 12.8 Å². The molecule has 0 saturated carbocycles. The molecule has 9 nitrogen and oxygen atoms in total. The van der Waals surface area contributed by atoms with E-state index in [0.717, 1.165) is 95.7 Å². The Bertz CT molecular complexity index is 594. The van der Waals surface area contributed by atoms with Crippen LogP contribution in [0.25, 0.3) is 10.6 Å². The summed E-state index contributed by atoms with van der Waals surface area (Å²) in [7, 11) is 2.17. The van der Waals surface area contributed by atoms with E-state index >= 15 is 0 Å². The summed E-state index contributed by atoms with van der Waals surface area (Å²) in [5, 5.41) is 19.7. The summed E-state index contributed by atoms with van der Waals surface area (Å²) in [6.45, 7) is 12.2. The topological polar surface area (TPSA) is 96.1 Å². The fourth-order valence-electron chi connectivity index (χ4n) is 3.55. The van der Waals surface area contributed by atoms with E-state index in [1.165, 1.54) is 10.6 Å². The Balaban J connectivity index is -0.00000722. The average molecular weight is 891 g/mol. The number of nitrogens with one attached hydrogen (secondary N) is 2. The van der Waals surface area contributed by atoms with Gasteiger partial charge in [0.15, 0.2) is 0 Å². The Labute approximate surface area is 364 Å². The van der Waals surface area contributed by atoms with Gasteiger partial charge < -0.3 is 0 Å². The standard InChI is InChI=1S/C26H54N7O2Se4.2K/c1-31(17-19-32(15-7-27-10-22-37-2)13-5-25(34)29-9-21-36)18-20-33(16-8-28-11-23-38-3)14-6-26(35)30-12-24-39-4;;/h5-24H2,1-4H3,(H,29,34)(H,30,35);;/q-2;2*+1. The third-order valence-electron chi connectivity index (χ3n) is 6.01. The second-order valence-corrected chi connectivity index (χ2v) is 16.3. The van der Waals surface area contributed by atoms with Crippen molar-refractivity contribution in [1.29, 1.82) is 0 Å². The van der Waals surface area contributed by atoms with Crippen molar-refractivity contribution in [3.05, 3.63) is 10.6 Å². The van der Waals surface area contributed by atoms with Crippen molar-refractivity contribution in [3.63, 3.8) is 0 Å². The van der Waals surface area contributed by atoms with Crippen LogP contribution in [0.2, 0.25) is 38.7 Å². The van der Waals surface area contributed by atoms with Crippen molar-refractivity contribution >= 4 is 72.7 Å². The van der Waals surface area contributed by atoms with Crippen molar-refractivity contribution in [2.75, 3.05) is 98.7 Å². The molecule has 231 valence electrons. The van der Waals surface area contributed by atoms with Crippen LogP contribution in [0.4, 0.5) is 0 Å². The molecule has 41 heavy (non-hydrogen) atoms. The van der Waals surface area contributed by atoms with Crippen LogP contribution < -0.4 is 113 Å². The zero-order valence-electron chi connectivity index (χ0n) is 26.8. The van der Waals surface area contributed by atoms with Gasteiger partial charge in [-0.25, -0.2) is 0 Å². The fourth-order valence-corrected chi connectivity index (χ4v) is 5.71. The summed E-state index contributed by atoms with van der Waals surface area (Å²) in [5.74, 6) is 6.99.